The number of anilines is 2. The third-order valence-corrected chi connectivity index (χ3v) is 5.26. The van der Waals surface area contributed by atoms with Gasteiger partial charge in [0.15, 0.2) is 0 Å². The number of amides is 1. The molecule has 2 aromatic heterocycles. The lowest BCUT2D eigenvalue weighted by molar-refractivity contribution is -0.120. The van der Waals surface area contributed by atoms with E-state index in [0.29, 0.717) is 17.9 Å². The SMILES string of the molecule is CCOC(=O)c1ccc(NC(=O)C2CCN(c3cc(-n4ccnc4)ncn3)CC2)cc1. The predicted molar refractivity (Wildman–Crippen MR) is 115 cm³/mol. The van der Waals surface area contributed by atoms with Gasteiger partial charge in [0.2, 0.25) is 5.91 Å². The molecule has 1 aromatic carbocycles. The van der Waals surface area contributed by atoms with Crippen LogP contribution < -0.4 is 10.2 Å². The zero-order valence-electron chi connectivity index (χ0n) is 17.3. The minimum absolute atomic E-state index is 0.00896. The number of esters is 1. The lowest BCUT2D eigenvalue weighted by atomic mass is 9.95. The van der Waals surface area contributed by atoms with Crippen molar-refractivity contribution < 1.29 is 14.3 Å². The standard InChI is InChI=1S/C22H24N6O3/c1-2-31-22(30)17-3-5-18(6-4-17)26-21(29)16-7-10-27(11-8-16)19-13-20(25-14-24-19)28-12-9-23-15-28/h3-6,9,12-16H,2,7-8,10-11H2,1H3,(H,26,29). The van der Waals surface area contributed by atoms with Gasteiger partial charge in [0.05, 0.1) is 12.2 Å². The molecule has 1 N–H and O–H groups in total. The van der Waals surface area contributed by atoms with Crippen molar-refractivity contribution in [3.05, 3.63) is 60.9 Å². The summed E-state index contributed by atoms with van der Waals surface area (Å²) in [5, 5.41) is 2.95. The van der Waals surface area contributed by atoms with Crippen LogP contribution in [0.3, 0.4) is 0 Å². The van der Waals surface area contributed by atoms with Crippen LogP contribution in [0.2, 0.25) is 0 Å². The van der Waals surface area contributed by atoms with Crippen LogP contribution in [0, 0.1) is 5.92 Å². The van der Waals surface area contributed by atoms with Gasteiger partial charge in [0.1, 0.15) is 24.3 Å². The Labute approximate surface area is 180 Å². The Morgan fingerprint density at radius 2 is 1.87 bits per heavy atom. The maximum absolute atomic E-state index is 12.7. The van der Waals surface area contributed by atoms with Crippen LogP contribution in [-0.4, -0.2) is 51.1 Å². The number of carbonyl (C=O) groups excluding carboxylic acids is 2. The first-order chi connectivity index (χ1) is 15.1. The highest BCUT2D eigenvalue weighted by Crippen LogP contribution is 2.24. The lowest BCUT2D eigenvalue weighted by Gasteiger charge is -2.32. The Kier molecular flexibility index (Phi) is 6.21. The van der Waals surface area contributed by atoms with Crippen molar-refractivity contribution in [2.75, 3.05) is 29.9 Å². The summed E-state index contributed by atoms with van der Waals surface area (Å²) in [5.41, 5.74) is 1.13. The molecule has 0 bridgehead atoms. The van der Waals surface area contributed by atoms with Crippen molar-refractivity contribution >= 4 is 23.4 Å². The number of rotatable bonds is 6. The number of piperidine rings is 1. The number of ether oxygens (including phenoxy) is 1. The minimum atomic E-state index is -0.367. The topological polar surface area (TPSA) is 102 Å². The third-order valence-electron chi connectivity index (χ3n) is 5.26. The number of nitrogens with zero attached hydrogens (tertiary/aromatic N) is 5. The van der Waals surface area contributed by atoms with E-state index in [4.69, 9.17) is 4.74 Å². The van der Waals surface area contributed by atoms with Crippen molar-refractivity contribution in [2.45, 2.75) is 19.8 Å². The largest absolute Gasteiger partial charge is 0.462 e. The van der Waals surface area contributed by atoms with Crippen molar-refractivity contribution in [2.24, 2.45) is 5.92 Å². The fourth-order valence-corrected chi connectivity index (χ4v) is 3.57. The summed E-state index contributed by atoms with van der Waals surface area (Å²) in [6.07, 6.45) is 8.25. The molecular formula is C22H24N6O3. The Hall–Kier alpha value is -3.75. The maximum atomic E-state index is 12.7. The fourth-order valence-electron chi connectivity index (χ4n) is 3.57. The maximum Gasteiger partial charge on any atom is 0.338 e. The molecule has 0 unspecified atom stereocenters. The van der Waals surface area contributed by atoms with Crippen molar-refractivity contribution in [3.8, 4) is 5.82 Å². The molecule has 1 aliphatic heterocycles. The minimum Gasteiger partial charge on any atom is -0.462 e. The molecule has 31 heavy (non-hydrogen) atoms. The van der Waals surface area contributed by atoms with Crippen LogP contribution >= 0.6 is 0 Å². The second-order valence-corrected chi connectivity index (χ2v) is 7.25. The number of imidazole rings is 1. The van der Waals surface area contributed by atoms with Crippen LogP contribution in [0.1, 0.15) is 30.1 Å². The van der Waals surface area contributed by atoms with E-state index in [9.17, 15) is 9.59 Å². The quantitative estimate of drug-likeness (QED) is 0.612. The summed E-state index contributed by atoms with van der Waals surface area (Å²) in [6.45, 7) is 3.57. The van der Waals surface area contributed by atoms with E-state index in [1.807, 2.05) is 16.8 Å². The van der Waals surface area contributed by atoms with Crippen LogP contribution in [-0.2, 0) is 9.53 Å². The molecule has 9 heteroatoms. The van der Waals surface area contributed by atoms with E-state index in [1.165, 1.54) is 0 Å². The first-order valence-corrected chi connectivity index (χ1v) is 10.3. The predicted octanol–water partition coefficient (Wildman–Crippen LogP) is 2.69. The van der Waals surface area contributed by atoms with Gasteiger partial charge in [-0.3, -0.25) is 9.36 Å². The molecule has 3 aromatic rings. The Morgan fingerprint density at radius 3 is 2.55 bits per heavy atom. The van der Waals surface area contributed by atoms with Crippen molar-refractivity contribution in [1.82, 2.24) is 19.5 Å². The highest BCUT2D eigenvalue weighted by molar-refractivity contribution is 5.94. The Balaban J connectivity index is 1.32. The van der Waals surface area contributed by atoms with Gasteiger partial charge in [-0.2, -0.15) is 0 Å². The molecule has 9 nitrogen and oxygen atoms in total. The Bertz CT molecular complexity index is 1030. The zero-order valence-corrected chi connectivity index (χ0v) is 17.3. The van der Waals surface area contributed by atoms with Gasteiger partial charge in [-0.1, -0.05) is 0 Å². The molecule has 0 radical (unpaired) electrons. The van der Waals surface area contributed by atoms with Crippen LogP contribution in [0.4, 0.5) is 11.5 Å². The molecule has 1 amide bonds. The third kappa shape index (κ3) is 4.88. The molecular weight excluding hydrogens is 396 g/mol. The monoisotopic (exact) mass is 420 g/mol. The number of benzene rings is 1. The Morgan fingerprint density at radius 1 is 1.13 bits per heavy atom. The molecule has 160 valence electrons. The molecule has 1 saturated heterocycles. The summed E-state index contributed by atoms with van der Waals surface area (Å²) >= 11 is 0. The van der Waals surface area contributed by atoms with Crippen molar-refractivity contribution in [3.63, 3.8) is 0 Å². The first-order valence-electron chi connectivity index (χ1n) is 10.3. The number of hydrogen-bond acceptors (Lipinski definition) is 7. The molecule has 1 fully saturated rings. The summed E-state index contributed by atoms with van der Waals surface area (Å²) in [7, 11) is 0. The summed E-state index contributed by atoms with van der Waals surface area (Å²) < 4.78 is 6.81. The normalized spacial score (nSPS) is 14.3. The highest BCUT2D eigenvalue weighted by atomic mass is 16.5. The van der Waals surface area contributed by atoms with E-state index in [1.54, 1.807) is 50.0 Å². The molecule has 0 aliphatic carbocycles. The second kappa shape index (κ2) is 9.38. The van der Waals surface area contributed by atoms with Gasteiger partial charge in [0, 0.05) is 43.2 Å². The van der Waals surface area contributed by atoms with E-state index < -0.39 is 0 Å². The van der Waals surface area contributed by atoms with Crippen LogP contribution in [0.25, 0.3) is 5.82 Å². The lowest BCUT2D eigenvalue weighted by Crippen LogP contribution is -2.38. The average Bonchev–Trinajstić information content (AvgIpc) is 3.35. The number of nitrogens with one attached hydrogen (secondary N) is 1. The van der Waals surface area contributed by atoms with Gasteiger partial charge >= 0.3 is 5.97 Å². The van der Waals surface area contributed by atoms with Gasteiger partial charge in [0.25, 0.3) is 0 Å². The van der Waals surface area contributed by atoms with Crippen LogP contribution in [0.15, 0.2) is 55.4 Å². The van der Waals surface area contributed by atoms with Gasteiger partial charge in [-0.25, -0.2) is 19.7 Å². The smallest absolute Gasteiger partial charge is 0.338 e. The van der Waals surface area contributed by atoms with Crippen molar-refractivity contribution in [1.29, 1.82) is 0 Å². The summed E-state index contributed by atoms with van der Waals surface area (Å²) in [4.78, 5) is 39.3. The number of hydrogen-bond donors (Lipinski definition) is 1. The molecule has 4 rings (SSSR count). The molecule has 3 heterocycles. The number of carbonyl (C=O) groups is 2. The molecule has 0 saturated carbocycles. The van der Waals surface area contributed by atoms with Gasteiger partial charge in [-0.05, 0) is 44.0 Å². The van der Waals surface area contributed by atoms with E-state index >= 15 is 0 Å². The van der Waals surface area contributed by atoms with Gasteiger partial charge < -0.3 is 15.0 Å². The van der Waals surface area contributed by atoms with E-state index in [2.05, 4.69) is 25.2 Å². The zero-order chi connectivity index (χ0) is 21.6. The van der Waals surface area contributed by atoms with Crippen LogP contribution in [0.5, 0.6) is 0 Å². The fraction of sp³-hybridized carbons (Fsp3) is 0.318. The summed E-state index contributed by atoms with van der Waals surface area (Å²) in [6, 6.07) is 8.68. The average molecular weight is 420 g/mol. The molecule has 0 atom stereocenters. The summed E-state index contributed by atoms with van der Waals surface area (Å²) in [5.74, 6) is 1.15. The van der Waals surface area contributed by atoms with E-state index in [0.717, 1.165) is 37.6 Å². The second-order valence-electron chi connectivity index (χ2n) is 7.25. The number of aromatic nitrogens is 4. The van der Waals surface area contributed by atoms with E-state index in [-0.39, 0.29) is 17.8 Å². The first kappa shape index (κ1) is 20.5. The molecule has 1 aliphatic rings. The highest BCUT2D eigenvalue weighted by Gasteiger charge is 2.26. The van der Waals surface area contributed by atoms with Gasteiger partial charge in [-0.15, -0.1) is 0 Å². The molecule has 0 spiro atoms.